The van der Waals surface area contributed by atoms with Crippen molar-refractivity contribution < 1.29 is 0 Å². The van der Waals surface area contributed by atoms with E-state index in [1.54, 1.807) is 5.57 Å². The monoisotopic (exact) mass is 222 g/mol. The molecule has 0 aliphatic carbocycles. The van der Waals surface area contributed by atoms with Crippen LogP contribution in [0.15, 0.2) is 23.8 Å². The van der Waals surface area contributed by atoms with Gasteiger partial charge in [0, 0.05) is 0 Å². The first-order valence-electron chi connectivity index (χ1n) is 7.18. The second kappa shape index (κ2) is 12.5. The van der Waals surface area contributed by atoms with Gasteiger partial charge in [0.05, 0.1) is 0 Å². The molecule has 0 spiro atoms. The Morgan fingerprint density at radius 2 is 1.38 bits per heavy atom. The summed E-state index contributed by atoms with van der Waals surface area (Å²) in [6.07, 6.45) is 18.7. The van der Waals surface area contributed by atoms with E-state index in [9.17, 15) is 0 Å². The summed E-state index contributed by atoms with van der Waals surface area (Å²) in [6, 6.07) is 0. The molecule has 0 rings (SSSR count). The maximum atomic E-state index is 2.47. The van der Waals surface area contributed by atoms with E-state index in [-0.39, 0.29) is 0 Å². The third kappa shape index (κ3) is 10.0. The molecule has 0 aromatic rings. The average Bonchev–Trinajstić information content (AvgIpc) is 2.28. The van der Waals surface area contributed by atoms with Gasteiger partial charge in [0.2, 0.25) is 0 Å². The fourth-order valence-electron chi connectivity index (χ4n) is 1.91. The standard InChI is InChI=1S/C16H30/c1-4-7-8-9-10-11-12-15-16(13-5-2)14-6-3/h9-10,15H,4-8,11-14H2,1-3H3. The van der Waals surface area contributed by atoms with Crippen LogP contribution in [0.4, 0.5) is 0 Å². The molecule has 0 saturated carbocycles. The molecule has 0 atom stereocenters. The van der Waals surface area contributed by atoms with Crippen molar-refractivity contribution in [3.05, 3.63) is 23.8 Å². The zero-order chi connectivity index (χ0) is 12.1. The van der Waals surface area contributed by atoms with Crippen LogP contribution in [0, 0.1) is 0 Å². The maximum absolute atomic E-state index is 2.47. The van der Waals surface area contributed by atoms with Crippen LogP contribution in [0.3, 0.4) is 0 Å². The van der Waals surface area contributed by atoms with Gasteiger partial charge in [-0.3, -0.25) is 0 Å². The Morgan fingerprint density at radius 3 is 1.94 bits per heavy atom. The first-order valence-corrected chi connectivity index (χ1v) is 7.18. The van der Waals surface area contributed by atoms with Crippen molar-refractivity contribution in [1.82, 2.24) is 0 Å². The Bertz CT molecular complexity index is 178. The first-order chi connectivity index (χ1) is 7.85. The van der Waals surface area contributed by atoms with E-state index in [2.05, 4.69) is 39.0 Å². The molecular weight excluding hydrogens is 192 g/mol. The summed E-state index contributed by atoms with van der Waals surface area (Å²) in [7, 11) is 0. The van der Waals surface area contributed by atoms with Crippen LogP contribution in [0.25, 0.3) is 0 Å². The fourth-order valence-corrected chi connectivity index (χ4v) is 1.91. The van der Waals surface area contributed by atoms with Gasteiger partial charge in [0.15, 0.2) is 0 Å². The van der Waals surface area contributed by atoms with Crippen molar-refractivity contribution in [3.8, 4) is 0 Å². The smallest absolute Gasteiger partial charge is 0.0313 e. The highest BCUT2D eigenvalue weighted by molar-refractivity contribution is 5.02. The lowest BCUT2D eigenvalue weighted by atomic mass is 10.0. The van der Waals surface area contributed by atoms with Crippen LogP contribution in [0.1, 0.15) is 78.6 Å². The molecule has 94 valence electrons. The lowest BCUT2D eigenvalue weighted by Crippen LogP contribution is -1.83. The highest BCUT2D eigenvalue weighted by Gasteiger charge is 1.93. The van der Waals surface area contributed by atoms with E-state index < -0.39 is 0 Å². The number of unbranched alkanes of at least 4 members (excludes halogenated alkanes) is 3. The van der Waals surface area contributed by atoms with Gasteiger partial charge >= 0.3 is 0 Å². The molecule has 0 heteroatoms. The SMILES string of the molecule is CCCCC=CCCC=C(CCC)CCC. The van der Waals surface area contributed by atoms with Gasteiger partial charge < -0.3 is 0 Å². The molecule has 0 aliphatic rings. The van der Waals surface area contributed by atoms with Crippen molar-refractivity contribution in [2.45, 2.75) is 78.6 Å². The van der Waals surface area contributed by atoms with Gasteiger partial charge in [-0.15, -0.1) is 0 Å². The van der Waals surface area contributed by atoms with Gasteiger partial charge in [-0.25, -0.2) is 0 Å². The van der Waals surface area contributed by atoms with Gasteiger partial charge in [-0.05, 0) is 32.1 Å². The minimum absolute atomic E-state index is 1.22. The molecule has 0 fully saturated rings. The summed E-state index contributed by atoms with van der Waals surface area (Å²) in [5, 5.41) is 0. The molecule has 0 bridgehead atoms. The molecule has 0 saturated heterocycles. The lowest BCUT2D eigenvalue weighted by molar-refractivity contribution is 0.790. The zero-order valence-electron chi connectivity index (χ0n) is 11.6. The summed E-state index contributed by atoms with van der Waals surface area (Å²) >= 11 is 0. The quantitative estimate of drug-likeness (QED) is 0.312. The number of hydrogen-bond donors (Lipinski definition) is 0. The second-order valence-corrected chi connectivity index (χ2v) is 4.55. The van der Waals surface area contributed by atoms with E-state index in [0.29, 0.717) is 0 Å². The predicted molar refractivity (Wildman–Crippen MR) is 75.8 cm³/mol. The molecule has 0 aromatic carbocycles. The van der Waals surface area contributed by atoms with Gasteiger partial charge in [-0.2, -0.15) is 0 Å². The third-order valence-electron chi connectivity index (χ3n) is 2.80. The maximum Gasteiger partial charge on any atom is -0.0313 e. The summed E-state index contributed by atoms with van der Waals surface area (Å²) < 4.78 is 0. The molecule has 16 heavy (non-hydrogen) atoms. The number of allylic oxidation sites excluding steroid dienone is 4. The molecule has 0 radical (unpaired) electrons. The lowest BCUT2D eigenvalue weighted by Gasteiger charge is -2.03. The molecule has 0 unspecified atom stereocenters. The van der Waals surface area contributed by atoms with Crippen LogP contribution in [0.5, 0.6) is 0 Å². The fraction of sp³-hybridized carbons (Fsp3) is 0.750. The molecule has 0 heterocycles. The summed E-state index contributed by atoms with van der Waals surface area (Å²) in [5.74, 6) is 0. The Hall–Kier alpha value is -0.520. The minimum Gasteiger partial charge on any atom is -0.0885 e. The molecular formula is C16H30. The third-order valence-corrected chi connectivity index (χ3v) is 2.80. The van der Waals surface area contributed by atoms with Crippen molar-refractivity contribution in [2.75, 3.05) is 0 Å². The first kappa shape index (κ1) is 15.5. The van der Waals surface area contributed by atoms with Crippen LogP contribution in [-0.4, -0.2) is 0 Å². The summed E-state index contributed by atoms with van der Waals surface area (Å²) in [6.45, 7) is 6.79. The molecule has 0 nitrogen and oxygen atoms in total. The van der Waals surface area contributed by atoms with Crippen LogP contribution in [0.2, 0.25) is 0 Å². The van der Waals surface area contributed by atoms with Gasteiger partial charge in [0.1, 0.15) is 0 Å². The van der Waals surface area contributed by atoms with Gasteiger partial charge in [-0.1, -0.05) is 70.3 Å². The molecule has 0 N–H and O–H groups in total. The van der Waals surface area contributed by atoms with Crippen LogP contribution in [-0.2, 0) is 0 Å². The molecule has 0 amide bonds. The topological polar surface area (TPSA) is 0 Å². The summed E-state index contributed by atoms with van der Waals surface area (Å²) in [5.41, 5.74) is 1.67. The van der Waals surface area contributed by atoms with E-state index in [0.717, 1.165) is 0 Å². The Kier molecular flexibility index (Phi) is 12.1. The van der Waals surface area contributed by atoms with Crippen LogP contribution < -0.4 is 0 Å². The average molecular weight is 222 g/mol. The largest absolute Gasteiger partial charge is 0.0885 e. The Morgan fingerprint density at radius 1 is 0.750 bits per heavy atom. The number of hydrogen-bond acceptors (Lipinski definition) is 0. The van der Waals surface area contributed by atoms with Crippen LogP contribution >= 0.6 is 0 Å². The highest BCUT2D eigenvalue weighted by atomic mass is 14.0. The van der Waals surface area contributed by atoms with Crippen molar-refractivity contribution in [2.24, 2.45) is 0 Å². The Labute approximate surface area is 103 Å². The van der Waals surface area contributed by atoms with Crippen molar-refractivity contribution >= 4 is 0 Å². The van der Waals surface area contributed by atoms with Crippen molar-refractivity contribution in [1.29, 1.82) is 0 Å². The molecule has 0 aliphatic heterocycles. The minimum atomic E-state index is 1.22. The zero-order valence-corrected chi connectivity index (χ0v) is 11.6. The van der Waals surface area contributed by atoms with E-state index in [4.69, 9.17) is 0 Å². The Balaban J connectivity index is 3.64. The second-order valence-electron chi connectivity index (χ2n) is 4.55. The van der Waals surface area contributed by atoms with E-state index >= 15 is 0 Å². The normalized spacial score (nSPS) is 10.9. The molecule has 0 aromatic heterocycles. The van der Waals surface area contributed by atoms with Crippen molar-refractivity contribution in [3.63, 3.8) is 0 Å². The number of rotatable bonds is 10. The predicted octanol–water partition coefficient (Wildman–Crippen LogP) is 6.04. The van der Waals surface area contributed by atoms with E-state index in [1.165, 1.54) is 57.8 Å². The van der Waals surface area contributed by atoms with E-state index in [1.807, 2.05) is 0 Å². The van der Waals surface area contributed by atoms with Gasteiger partial charge in [0.25, 0.3) is 0 Å². The summed E-state index contributed by atoms with van der Waals surface area (Å²) in [4.78, 5) is 0. The highest BCUT2D eigenvalue weighted by Crippen LogP contribution is 2.13.